The fourth-order valence-electron chi connectivity index (χ4n) is 13.2. The summed E-state index contributed by atoms with van der Waals surface area (Å²) in [5, 5.41) is 39.0. The van der Waals surface area contributed by atoms with Crippen LogP contribution in [0.3, 0.4) is 0 Å². The van der Waals surface area contributed by atoms with Gasteiger partial charge >= 0.3 is 30.0 Å². The van der Waals surface area contributed by atoms with E-state index in [0.717, 1.165) is 13.8 Å². The van der Waals surface area contributed by atoms with Gasteiger partial charge in [-0.15, -0.1) is 0 Å². The predicted octanol–water partition coefficient (Wildman–Crippen LogP) is 2.53. The number of Topliss-reactive ketones (excluding diaryl/α,β-unsaturated/α-hetero) is 1. The van der Waals surface area contributed by atoms with Gasteiger partial charge in [-0.3, -0.25) is 48.0 Å². The van der Waals surface area contributed by atoms with Crippen LogP contribution in [-0.4, -0.2) is 174 Å². The van der Waals surface area contributed by atoms with Crippen LogP contribution in [0.25, 0.3) is 0 Å². The van der Waals surface area contributed by atoms with Crippen LogP contribution in [-0.2, 0) is 92.5 Å². The van der Waals surface area contributed by atoms with Crippen LogP contribution < -0.4 is 37.8 Å². The first kappa shape index (κ1) is 74.8. The van der Waals surface area contributed by atoms with Crippen molar-refractivity contribution in [2.45, 2.75) is 153 Å². The molecule has 3 fully saturated rings. The standard InChI is InChI=1S/C69H81N7O23/c1-36-47(31-69(90)58(98-63(87)44-23-17-12-18-24-44)56-67(8,48(79)30-49-68(56,34-93-49)99-40(5)78)57(82)54(95-39(4)77)52(36)66(69,6)7)96-64(88)55(53(42-19-13-10-14-20-42)76-61(85)43-21-15-11-16-22-43)97-65(89)92-32-41-25-27-45(28-26-41)74-62(86)46(29-50(70)80)75-60(84)38(3)73-59(83)37(2)72-51(81)33-94-71-35-91-9/h10-28,37-38,46-49,53-56,58,71,79,90H,29-35H2,1-9H3,(H2,70,80)(H,72,81)(H,73,83)(H,74,86)(H,75,84)(H,76,85)/t37-,38-,46-,47+,48+,49?,53?,54-,55-,56+,58+,67-,68+,69-/m1/s1. The summed E-state index contributed by atoms with van der Waals surface area (Å²) in [6.45, 7) is 9.13. The Labute approximate surface area is 568 Å². The number of amides is 6. The van der Waals surface area contributed by atoms with Crippen LogP contribution in [0.4, 0.5) is 10.5 Å². The summed E-state index contributed by atoms with van der Waals surface area (Å²) in [5.74, 6) is -11.9. The van der Waals surface area contributed by atoms with E-state index in [0.29, 0.717) is 0 Å². The highest BCUT2D eigenvalue weighted by molar-refractivity contribution is 6.01. The lowest BCUT2D eigenvalue weighted by atomic mass is 9.44. The molecule has 3 aliphatic carbocycles. The number of carbonyl (C=O) groups is 12. The largest absolute Gasteiger partial charge is 0.509 e. The van der Waals surface area contributed by atoms with E-state index in [4.69, 9.17) is 48.5 Å². The van der Waals surface area contributed by atoms with Crippen molar-refractivity contribution in [3.05, 3.63) is 149 Å². The average Bonchev–Trinajstić information content (AvgIpc) is 0.670. The normalized spacial score (nSPS) is 24.9. The van der Waals surface area contributed by atoms with Crippen molar-refractivity contribution >= 4 is 76.9 Å². The third-order valence-electron chi connectivity index (χ3n) is 18.3. The highest BCUT2D eigenvalue weighted by Gasteiger charge is 2.78. The maximum absolute atomic E-state index is 15.9. The Morgan fingerprint density at radius 2 is 1.34 bits per heavy atom. The number of aliphatic hydroxyl groups is 2. The van der Waals surface area contributed by atoms with Gasteiger partial charge in [-0.05, 0) is 86.4 Å². The SMILES string of the molecule is COCNOCC(=O)N[C@H](C)C(=O)N[C@H](C)C(=O)N[C@H](CC(N)=O)C(=O)Nc1ccc(COC(=O)O[C@@H](C(=O)O[C@H]2C[C@@]3(O)[C@@H](OC(=O)c4ccccc4)[C@H]4[C@](C)(C(=O)[C@H](OC(C)=O)C(=C2C)C3(C)C)[C@@H](O)CC2OC[C@]24OC(C)=O)C(NC(=O)c2ccccc2)c2ccccc2)cc1. The fraction of sp³-hybridized carbons (Fsp3) is 0.449. The Morgan fingerprint density at radius 3 is 1.93 bits per heavy atom. The van der Waals surface area contributed by atoms with Gasteiger partial charge in [-0.25, -0.2) is 14.4 Å². The molecule has 99 heavy (non-hydrogen) atoms. The Balaban J connectivity index is 1.09. The lowest BCUT2D eigenvalue weighted by molar-refractivity contribution is -0.346. The smallest absolute Gasteiger partial charge is 0.455 e. The number of hydrogen-bond acceptors (Lipinski definition) is 24. The predicted molar refractivity (Wildman–Crippen MR) is 344 cm³/mol. The van der Waals surface area contributed by atoms with E-state index < -0.39 is 193 Å². The second-order valence-corrected chi connectivity index (χ2v) is 25.3. The van der Waals surface area contributed by atoms with Gasteiger partial charge < -0.3 is 80.4 Å². The van der Waals surface area contributed by atoms with E-state index in [-0.39, 0.29) is 52.2 Å². The molecule has 30 nitrogen and oxygen atoms in total. The lowest BCUT2D eigenvalue weighted by Gasteiger charge is -2.67. The van der Waals surface area contributed by atoms with Gasteiger partial charge in [0, 0.05) is 50.5 Å². The van der Waals surface area contributed by atoms with E-state index in [2.05, 4.69) is 32.1 Å². The summed E-state index contributed by atoms with van der Waals surface area (Å²) in [4.78, 5) is 170. The molecule has 30 heteroatoms. The van der Waals surface area contributed by atoms with Gasteiger partial charge in [0.15, 0.2) is 17.5 Å². The van der Waals surface area contributed by atoms with Crippen LogP contribution in [0.1, 0.15) is 113 Å². The number of nitrogens with two attached hydrogens (primary N) is 1. The van der Waals surface area contributed by atoms with Crippen LogP contribution >= 0.6 is 0 Å². The molecule has 2 unspecified atom stereocenters. The maximum Gasteiger partial charge on any atom is 0.509 e. The Morgan fingerprint density at radius 1 is 0.737 bits per heavy atom. The number of ketones is 1. The molecular weight excluding hydrogens is 1290 g/mol. The number of hydroxylamine groups is 1. The minimum Gasteiger partial charge on any atom is -0.455 e. The molecule has 0 spiro atoms. The molecule has 4 aromatic rings. The number of fused-ring (bicyclic) bond motifs is 5. The summed E-state index contributed by atoms with van der Waals surface area (Å²) >= 11 is 0. The molecule has 2 saturated carbocycles. The number of rotatable bonds is 27. The summed E-state index contributed by atoms with van der Waals surface area (Å²) in [6.07, 6.45) is -13.9. The molecule has 4 aliphatic rings. The number of esters is 4. The second-order valence-electron chi connectivity index (χ2n) is 25.3. The Bertz CT molecular complexity index is 3730. The number of aliphatic hydroxyl groups excluding tert-OH is 1. The van der Waals surface area contributed by atoms with Crippen molar-refractivity contribution in [3.8, 4) is 0 Å². The Hall–Kier alpha value is -9.98. The molecule has 4 aromatic carbocycles. The van der Waals surface area contributed by atoms with Crippen LogP contribution in [0.15, 0.2) is 126 Å². The molecule has 1 saturated heterocycles. The quantitative estimate of drug-likeness (QED) is 0.0103. The highest BCUT2D eigenvalue weighted by Crippen LogP contribution is 2.64. The number of carbonyl (C=O) groups excluding carboxylic acids is 12. The van der Waals surface area contributed by atoms with E-state index >= 15 is 9.59 Å². The minimum atomic E-state index is -2.58. The molecule has 14 atom stereocenters. The topological polar surface area (TPSA) is 427 Å². The van der Waals surface area contributed by atoms with E-state index in [1.807, 2.05) is 0 Å². The van der Waals surface area contributed by atoms with E-state index in [9.17, 15) is 58.2 Å². The van der Waals surface area contributed by atoms with Gasteiger partial charge in [0.1, 0.15) is 68.0 Å². The summed E-state index contributed by atoms with van der Waals surface area (Å²) < 4.78 is 47.2. The van der Waals surface area contributed by atoms with Gasteiger partial charge in [0.05, 0.1) is 36.0 Å². The lowest BCUT2D eigenvalue weighted by Crippen LogP contribution is -2.82. The molecular formula is C69H81N7O23. The van der Waals surface area contributed by atoms with Crippen molar-refractivity contribution in [1.29, 1.82) is 0 Å². The van der Waals surface area contributed by atoms with Gasteiger partial charge in [0.25, 0.3) is 5.91 Å². The molecule has 1 heterocycles. The molecule has 8 rings (SSSR count). The number of ether oxygens (including phenoxy) is 8. The number of anilines is 1. The maximum atomic E-state index is 15.9. The number of nitrogens with one attached hydrogen (secondary N) is 6. The first-order chi connectivity index (χ1) is 46.9. The van der Waals surface area contributed by atoms with Gasteiger partial charge in [-0.1, -0.05) is 92.7 Å². The molecule has 530 valence electrons. The third-order valence-corrected chi connectivity index (χ3v) is 18.3. The van der Waals surface area contributed by atoms with E-state index in [1.54, 1.807) is 54.6 Å². The number of benzene rings is 4. The molecule has 0 aromatic heterocycles. The van der Waals surface area contributed by atoms with Crippen LogP contribution in [0.5, 0.6) is 0 Å². The van der Waals surface area contributed by atoms with Crippen molar-refractivity contribution < 1.29 is 110 Å². The molecule has 1 aliphatic heterocycles. The van der Waals surface area contributed by atoms with E-state index in [1.165, 1.54) is 109 Å². The Kier molecular flexibility index (Phi) is 23.9. The number of primary amides is 1. The second kappa shape index (κ2) is 31.7. The van der Waals surface area contributed by atoms with Crippen molar-refractivity contribution in [1.82, 2.24) is 26.7 Å². The zero-order valence-electron chi connectivity index (χ0n) is 55.8. The van der Waals surface area contributed by atoms with Crippen molar-refractivity contribution in [2.24, 2.45) is 22.5 Å². The number of methoxy groups -OCH3 is 1. The molecule has 2 bridgehead atoms. The molecule has 6 amide bonds. The zero-order chi connectivity index (χ0) is 72.3. The minimum absolute atomic E-state index is 0.00543. The summed E-state index contributed by atoms with van der Waals surface area (Å²) in [7, 11) is 1.40. The number of hydrogen-bond donors (Lipinski definition) is 9. The van der Waals surface area contributed by atoms with Crippen LogP contribution in [0.2, 0.25) is 0 Å². The van der Waals surface area contributed by atoms with Gasteiger partial charge in [0.2, 0.25) is 35.6 Å². The molecule has 10 N–H and O–H groups in total. The monoisotopic (exact) mass is 1380 g/mol. The highest BCUT2D eigenvalue weighted by atomic mass is 16.7. The summed E-state index contributed by atoms with van der Waals surface area (Å²) in [6, 6.07) is 23.3. The third kappa shape index (κ3) is 16.6. The van der Waals surface area contributed by atoms with Crippen molar-refractivity contribution in [2.75, 3.05) is 32.4 Å². The fourth-order valence-corrected chi connectivity index (χ4v) is 13.2. The molecule has 0 radical (unpaired) electrons. The first-order valence-corrected chi connectivity index (χ1v) is 31.6. The summed E-state index contributed by atoms with van der Waals surface area (Å²) in [5.41, 5.74) is -0.127. The van der Waals surface area contributed by atoms with Gasteiger partial charge in [-0.2, -0.15) is 5.48 Å². The average molecular weight is 1380 g/mol. The van der Waals surface area contributed by atoms with Crippen molar-refractivity contribution in [3.63, 3.8) is 0 Å². The zero-order valence-corrected chi connectivity index (χ0v) is 55.8. The van der Waals surface area contributed by atoms with Crippen LogP contribution in [0, 0.1) is 16.7 Å². The first-order valence-electron chi connectivity index (χ1n) is 31.6.